The molecule has 32 heavy (non-hydrogen) atoms. The van der Waals surface area contributed by atoms with Gasteiger partial charge in [0.25, 0.3) is 5.56 Å². The lowest BCUT2D eigenvalue weighted by Crippen LogP contribution is -2.48. The molecule has 11 nitrogen and oxygen atoms in total. The molecule has 1 aromatic heterocycles. The minimum Gasteiger partial charge on any atom is -0.383 e. The number of nitrogen functional groups attached to an aromatic ring is 1. The number of hydrogen-bond donors (Lipinski definition) is 4. The number of nitrogens with zero attached hydrogens (tertiary/aromatic N) is 2. The summed E-state index contributed by atoms with van der Waals surface area (Å²) >= 11 is 0. The summed E-state index contributed by atoms with van der Waals surface area (Å²) in [6.07, 6.45) is 0. The lowest BCUT2D eigenvalue weighted by Gasteiger charge is -2.25. The molecule has 0 aliphatic rings. The number of urea groups is 1. The van der Waals surface area contributed by atoms with E-state index < -0.39 is 23.2 Å². The molecule has 11 heteroatoms. The first-order valence-electron chi connectivity index (χ1n) is 10.2. The maximum atomic E-state index is 12.6. The van der Waals surface area contributed by atoms with Crippen molar-refractivity contribution in [1.82, 2.24) is 20.2 Å². The Labute approximate surface area is 185 Å². The second-order valence-corrected chi connectivity index (χ2v) is 7.63. The predicted molar refractivity (Wildman–Crippen MR) is 122 cm³/mol. The minimum atomic E-state index is -0.732. The zero-order chi connectivity index (χ0) is 23.7. The fourth-order valence-electron chi connectivity index (χ4n) is 2.96. The molecule has 5 N–H and O–H groups in total. The van der Waals surface area contributed by atoms with Crippen LogP contribution in [0.25, 0.3) is 0 Å². The van der Waals surface area contributed by atoms with Crippen LogP contribution in [0.2, 0.25) is 0 Å². The van der Waals surface area contributed by atoms with Crippen molar-refractivity contribution in [1.29, 1.82) is 0 Å². The first kappa shape index (κ1) is 24.7. The third-order valence-corrected chi connectivity index (χ3v) is 4.54. The van der Waals surface area contributed by atoms with Gasteiger partial charge in [-0.2, -0.15) is 0 Å². The molecule has 0 spiro atoms. The summed E-state index contributed by atoms with van der Waals surface area (Å²) in [4.78, 5) is 53.0. The van der Waals surface area contributed by atoms with Crippen molar-refractivity contribution in [3.8, 4) is 0 Å². The number of benzene rings is 1. The van der Waals surface area contributed by atoms with Crippen LogP contribution in [0.15, 0.2) is 39.9 Å². The highest BCUT2D eigenvalue weighted by atomic mass is 16.5. The Balaban J connectivity index is 2.30. The standard InChI is InChI=1S/C21H30N6O5/c1-14(2)11-23-20(30)24-16(28)13-26(9-10-32-3)17-18(22)27(21(31)25-19(17)29)12-15-7-5-4-6-8-15/h4-8,14H,9-13,22H2,1-3H3,(H,25,29,31)(H2,23,24,28,30). The van der Waals surface area contributed by atoms with E-state index >= 15 is 0 Å². The second kappa shape index (κ2) is 11.7. The maximum absolute atomic E-state index is 12.6. The normalized spacial score (nSPS) is 10.8. The molecule has 0 fully saturated rings. The highest BCUT2D eigenvalue weighted by molar-refractivity contribution is 5.96. The van der Waals surface area contributed by atoms with Crippen molar-refractivity contribution in [2.75, 3.05) is 44.0 Å². The van der Waals surface area contributed by atoms with Crippen LogP contribution >= 0.6 is 0 Å². The summed E-state index contributed by atoms with van der Waals surface area (Å²) in [6, 6.07) is 8.50. The fourth-order valence-corrected chi connectivity index (χ4v) is 2.96. The average Bonchev–Trinajstić information content (AvgIpc) is 2.73. The number of rotatable bonds is 10. The molecule has 2 aromatic rings. The van der Waals surface area contributed by atoms with Gasteiger partial charge >= 0.3 is 11.7 Å². The predicted octanol–water partition coefficient (Wildman–Crippen LogP) is 0.102. The van der Waals surface area contributed by atoms with Crippen LogP contribution in [-0.2, 0) is 16.1 Å². The summed E-state index contributed by atoms with van der Waals surface area (Å²) in [5.41, 5.74) is 5.58. The van der Waals surface area contributed by atoms with Gasteiger partial charge in [-0.3, -0.25) is 24.5 Å². The van der Waals surface area contributed by atoms with E-state index in [1.165, 1.54) is 16.6 Å². The Morgan fingerprint density at radius 1 is 1.22 bits per heavy atom. The number of carbonyl (C=O) groups is 2. The largest absolute Gasteiger partial charge is 0.383 e. The van der Waals surface area contributed by atoms with E-state index in [1.54, 1.807) is 0 Å². The van der Waals surface area contributed by atoms with E-state index in [0.717, 1.165) is 5.56 Å². The van der Waals surface area contributed by atoms with Gasteiger partial charge in [0.2, 0.25) is 5.91 Å². The van der Waals surface area contributed by atoms with Crippen molar-refractivity contribution in [2.45, 2.75) is 20.4 Å². The van der Waals surface area contributed by atoms with Crippen LogP contribution in [-0.4, -0.2) is 54.8 Å². The number of methoxy groups -OCH3 is 1. The SMILES string of the molecule is COCCN(CC(=O)NC(=O)NCC(C)C)c1c(N)n(Cc2ccccc2)c(=O)[nH]c1=O. The Morgan fingerprint density at radius 3 is 2.53 bits per heavy atom. The number of imide groups is 1. The molecule has 1 aromatic carbocycles. The van der Waals surface area contributed by atoms with E-state index in [0.29, 0.717) is 6.54 Å². The van der Waals surface area contributed by atoms with Gasteiger partial charge in [0, 0.05) is 20.2 Å². The second-order valence-electron chi connectivity index (χ2n) is 7.63. The third kappa shape index (κ3) is 6.98. The van der Waals surface area contributed by atoms with E-state index in [9.17, 15) is 19.2 Å². The van der Waals surface area contributed by atoms with Crippen LogP contribution in [0.4, 0.5) is 16.3 Å². The topological polar surface area (TPSA) is 152 Å². The molecule has 3 amide bonds. The number of aromatic amines is 1. The van der Waals surface area contributed by atoms with E-state index in [-0.39, 0.29) is 43.7 Å². The maximum Gasteiger partial charge on any atom is 0.330 e. The highest BCUT2D eigenvalue weighted by Gasteiger charge is 2.22. The number of aromatic nitrogens is 2. The number of amides is 3. The number of carbonyl (C=O) groups excluding carboxylic acids is 2. The molecular formula is C21H30N6O5. The van der Waals surface area contributed by atoms with Gasteiger partial charge < -0.3 is 20.7 Å². The monoisotopic (exact) mass is 446 g/mol. The average molecular weight is 447 g/mol. The number of anilines is 2. The minimum absolute atomic E-state index is 0.0460. The van der Waals surface area contributed by atoms with E-state index in [1.807, 2.05) is 44.2 Å². The van der Waals surface area contributed by atoms with Gasteiger partial charge in [-0.15, -0.1) is 0 Å². The molecule has 0 unspecified atom stereocenters. The van der Waals surface area contributed by atoms with Crippen LogP contribution < -0.4 is 32.5 Å². The summed E-state index contributed by atoms with van der Waals surface area (Å²) in [5, 5.41) is 4.81. The van der Waals surface area contributed by atoms with Gasteiger partial charge in [0.05, 0.1) is 19.7 Å². The Hall–Kier alpha value is -3.60. The first-order chi connectivity index (χ1) is 15.2. The lowest BCUT2D eigenvalue weighted by atomic mass is 10.2. The molecule has 0 saturated heterocycles. The zero-order valence-electron chi connectivity index (χ0n) is 18.5. The van der Waals surface area contributed by atoms with Crippen molar-refractivity contribution < 1.29 is 14.3 Å². The zero-order valence-corrected chi connectivity index (χ0v) is 18.5. The molecule has 0 aliphatic carbocycles. The van der Waals surface area contributed by atoms with E-state index in [2.05, 4.69) is 15.6 Å². The van der Waals surface area contributed by atoms with Crippen LogP contribution in [0.5, 0.6) is 0 Å². The molecule has 0 aliphatic heterocycles. The van der Waals surface area contributed by atoms with Crippen molar-refractivity contribution >= 4 is 23.4 Å². The lowest BCUT2D eigenvalue weighted by molar-refractivity contribution is -0.118. The smallest absolute Gasteiger partial charge is 0.330 e. The summed E-state index contributed by atoms with van der Waals surface area (Å²) in [7, 11) is 1.47. The summed E-state index contributed by atoms with van der Waals surface area (Å²) < 4.78 is 6.30. The third-order valence-electron chi connectivity index (χ3n) is 4.54. The molecule has 174 valence electrons. The fraction of sp³-hybridized carbons (Fsp3) is 0.429. The highest BCUT2D eigenvalue weighted by Crippen LogP contribution is 2.17. The van der Waals surface area contributed by atoms with Gasteiger partial charge in [-0.1, -0.05) is 44.2 Å². The van der Waals surface area contributed by atoms with E-state index in [4.69, 9.17) is 10.5 Å². The van der Waals surface area contributed by atoms with Gasteiger partial charge in [0.15, 0.2) is 0 Å². The summed E-state index contributed by atoms with van der Waals surface area (Å²) in [5.74, 6) is -0.504. The van der Waals surface area contributed by atoms with Crippen molar-refractivity contribution in [3.05, 3.63) is 56.7 Å². The number of ether oxygens (including phenoxy) is 1. The molecule has 0 radical (unpaired) electrons. The van der Waals surface area contributed by atoms with Crippen molar-refractivity contribution in [2.24, 2.45) is 5.92 Å². The molecule has 2 rings (SSSR count). The van der Waals surface area contributed by atoms with Gasteiger partial charge in [-0.25, -0.2) is 9.59 Å². The molecule has 0 bridgehead atoms. The molecule has 0 atom stereocenters. The number of H-pyrrole nitrogens is 1. The van der Waals surface area contributed by atoms with Crippen LogP contribution in [0.1, 0.15) is 19.4 Å². The Bertz CT molecular complexity index is 1030. The Morgan fingerprint density at radius 2 is 1.91 bits per heavy atom. The van der Waals surface area contributed by atoms with Crippen LogP contribution in [0.3, 0.4) is 0 Å². The Kier molecular flexibility index (Phi) is 9.02. The quantitative estimate of drug-likeness (QED) is 0.404. The van der Waals surface area contributed by atoms with Crippen molar-refractivity contribution in [3.63, 3.8) is 0 Å². The summed E-state index contributed by atoms with van der Waals surface area (Å²) in [6.45, 7) is 4.37. The number of nitrogens with one attached hydrogen (secondary N) is 3. The first-order valence-corrected chi connectivity index (χ1v) is 10.2. The molecular weight excluding hydrogens is 416 g/mol. The van der Waals surface area contributed by atoms with Crippen LogP contribution in [0, 0.1) is 5.92 Å². The number of hydrogen-bond acceptors (Lipinski definition) is 7. The van der Waals surface area contributed by atoms with Gasteiger partial charge in [-0.05, 0) is 11.5 Å². The number of nitrogens with two attached hydrogens (primary N) is 1. The molecule has 0 saturated carbocycles. The molecule has 1 heterocycles. The van der Waals surface area contributed by atoms with Gasteiger partial charge in [0.1, 0.15) is 11.5 Å².